The van der Waals surface area contributed by atoms with E-state index in [4.69, 9.17) is 18.0 Å². The molecule has 2 saturated heterocycles. The number of nitrogens with zero attached hydrogens (tertiary/aromatic N) is 2. The maximum Gasteiger partial charge on any atom is 0.236 e. The summed E-state index contributed by atoms with van der Waals surface area (Å²) in [4.78, 5) is 16.7. The molecule has 2 fully saturated rings. The average molecular weight is 255 g/mol. The maximum atomic E-state index is 12.1. The zero-order chi connectivity index (χ0) is 12.3. The maximum absolute atomic E-state index is 12.1. The highest BCUT2D eigenvalue weighted by Crippen LogP contribution is 2.18. The van der Waals surface area contributed by atoms with Crippen molar-refractivity contribution in [3.05, 3.63) is 0 Å². The molecule has 0 saturated carbocycles. The van der Waals surface area contributed by atoms with Gasteiger partial charge in [-0.05, 0) is 32.2 Å². The number of amides is 1. The number of thiocarbonyl (C=S) groups is 1. The van der Waals surface area contributed by atoms with Crippen molar-refractivity contribution in [2.45, 2.75) is 38.1 Å². The molecule has 4 nitrogen and oxygen atoms in total. The van der Waals surface area contributed by atoms with Crippen LogP contribution in [0.5, 0.6) is 0 Å². The minimum atomic E-state index is 0.130. The average Bonchev–Trinajstić information content (AvgIpc) is 2.83. The highest BCUT2D eigenvalue weighted by atomic mass is 32.1. The molecule has 2 aliphatic rings. The molecule has 2 rings (SSSR count). The molecule has 1 unspecified atom stereocenters. The number of carbonyl (C=O) groups excluding carboxylic acids is 1. The first kappa shape index (κ1) is 12.8. The minimum absolute atomic E-state index is 0.130. The predicted molar refractivity (Wildman–Crippen MR) is 71.8 cm³/mol. The quantitative estimate of drug-likeness (QED) is 0.756. The smallest absolute Gasteiger partial charge is 0.236 e. The SMILES string of the molecule is NC(=S)C1CCCCN1CC(=O)N1CCCC1. The molecule has 17 heavy (non-hydrogen) atoms. The molecule has 96 valence electrons. The molecule has 2 heterocycles. The van der Waals surface area contributed by atoms with Crippen molar-refractivity contribution in [2.24, 2.45) is 5.73 Å². The van der Waals surface area contributed by atoms with E-state index in [1.165, 1.54) is 0 Å². The molecule has 0 radical (unpaired) electrons. The van der Waals surface area contributed by atoms with Crippen LogP contribution in [0, 0.1) is 0 Å². The van der Waals surface area contributed by atoms with E-state index in [0.717, 1.165) is 51.7 Å². The van der Waals surface area contributed by atoms with Crippen molar-refractivity contribution in [2.75, 3.05) is 26.2 Å². The van der Waals surface area contributed by atoms with Crippen molar-refractivity contribution in [1.29, 1.82) is 0 Å². The van der Waals surface area contributed by atoms with Crippen LogP contribution in [-0.2, 0) is 4.79 Å². The minimum Gasteiger partial charge on any atom is -0.392 e. The van der Waals surface area contributed by atoms with Crippen molar-refractivity contribution in [3.63, 3.8) is 0 Å². The zero-order valence-corrected chi connectivity index (χ0v) is 11.0. The Morgan fingerprint density at radius 1 is 1.18 bits per heavy atom. The second-order valence-electron chi connectivity index (χ2n) is 4.97. The van der Waals surface area contributed by atoms with Gasteiger partial charge in [0.2, 0.25) is 5.91 Å². The molecular formula is C12H21N3OS. The molecule has 0 aromatic heterocycles. The lowest BCUT2D eigenvalue weighted by molar-refractivity contribution is -0.131. The van der Waals surface area contributed by atoms with E-state index in [1.807, 2.05) is 4.90 Å². The first-order valence-corrected chi connectivity index (χ1v) is 6.90. The van der Waals surface area contributed by atoms with Crippen LogP contribution < -0.4 is 5.73 Å². The largest absolute Gasteiger partial charge is 0.392 e. The molecule has 0 bridgehead atoms. The number of piperidine rings is 1. The van der Waals surface area contributed by atoms with Crippen LogP contribution in [-0.4, -0.2) is 52.9 Å². The molecule has 0 aliphatic carbocycles. The Hall–Kier alpha value is -0.680. The molecule has 1 amide bonds. The fraction of sp³-hybridized carbons (Fsp3) is 0.833. The molecule has 0 spiro atoms. The van der Waals surface area contributed by atoms with Gasteiger partial charge in [-0.2, -0.15) is 0 Å². The van der Waals surface area contributed by atoms with Gasteiger partial charge in [0, 0.05) is 13.1 Å². The topological polar surface area (TPSA) is 49.6 Å². The van der Waals surface area contributed by atoms with Crippen LogP contribution >= 0.6 is 12.2 Å². The van der Waals surface area contributed by atoms with Gasteiger partial charge in [0.1, 0.15) is 0 Å². The summed E-state index contributed by atoms with van der Waals surface area (Å²) in [5.74, 6) is 0.241. The number of nitrogens with two attached hydrogens (primary N) is 1. The van der Waals surface area contributed by atoms with Gasteiger partial charge in [0.15, 0.2) is 0 Å². The summed E-state index contributed by atoms with van der Waals surface area (Å²) in [7, 11) is 0. The standard InChI is InChI=1S/C12H21N3OS/c13-12(17)10-5-1-2-8-15(10)9-11(16)14-6-3-4-7-14/h10H,1-9H2,(H2,13,17). The van der Waals surface area contributed by atoms with E-state index in [0.29, 0.717) is 11.5 Å². The van der Waals surface area contributed by atoms with Gasteiger partial charge < -0.3 is 10.6 Å². The van der Waals surface area contributed by atoms with Gasteiger partial charge in [0.25, 0.3) is 0 Å². The number of hydrogen-bond acceptors (Lipinski definition) is 3. The fourth-order valence-electron chi connectivity index (χ4n) is 2.74. The Morgan fingerprint density at radius 3 is 2.47 bits per heavy atom. The van der Waals surface area contributed by atoms with Crippen molar-refractivity contribution >= 4 is 23.1 Å². The summed E-state index contributed by atoms with van der Waals surface area (Å²) < 4.78 is 0. The summed E-state index contributed by atoms with van der Waals surface area (Å²) in [5, 5.41) is 0. The lowest BCUT2D eigenvalue weighted by atomic mass is 10.0. The van der Waals surface area contributed by atoms with E-state index < -0.39 is 0 Å². The third kappa shape index (κ3) is 3.16. The summed E-state index contributed by atoms with van der Waals surface area (Å²) in [6.45, 7) is 3.28. The van der Waals surface area contributed by atoms with E-state index in [2.05, 4.69) is 4.90 Å². The van der Waals surface area contributed by atoms with E-state index in [9.17, 15) is 4.79 Å². The molecule has 2 N–H and O–H groups in total. The Bertz CT molecular complexity index is 302. The van der Waals surface area contributed by atoms with Gasteiger partial charge in [-0.15, -0.1) is 0 Å². The molecule has 2 aliphatic heterocycles. The molecule has 0 aromatic rings. The molecule has 0 aromatic carbocycles. The van der Waals surface area contributed by atoms with Gasteiger partial charge in [-0.3, -0.25) is 9.69 Å². The number of hydrogen-bond donors (Lipinski definition) is 1. The van der Waals surface area contributed by atoms with Crippen LogP contribution in [0.2, 0.25) is 0 Å². The zero-order valence-electron chi connectivity index (χ0n) is 10.2. The van der Waals surface area contributed by atoms with Crippen LogP contribution in [0.1, 0.15) is 32.1 Å². The first-order chi connectivity index (χ1) is 8.18. The second kappa shape index (κ2) is 5.78. The van der Waals surface area contributed by atoms with Crippen molar-refractivity contribution < 1.29 is 4.79 Å². The van der Waals surface area contributed by atoms with E-state index in [1.54, 1.807) is 0 Å². The van der Waals surface area contributed by atoms with Gasteiger partial charge in [0.05, 0.1) is 17.6 Å². The highest BCUT2D eigenvalue weighted by molar-refractivity contribution is 7.80. The van der Waals surface area contributed by atoms with Crippen LogP contribution in [0.25, 0.3) is 0 Å². The number of carbonyl (C=O) groups is 1. The summed E-state index contributed by atoms with van der Waals surface area (Å²) in [5.41, 5.74) is 5.75. The first-order valence-electron chi connectivity index (χ1n) is 6.49. The van der Waals surface area contributed by atoms with Crippen molar-refractivity contribution in [1.82, 2.24) is 9.80 Å². The summed E-state index contributed by atoms with van der Waals surface area (Å²) in [6, 6.07) is 0.130. The van der Waals surface area contributed by atoms with Crippen LogP contribution in [0.3, 0.4) is 0 Å². The van der Waals surface area contributed by atoms with Crippen LogP contribution in [0.4, 0.5) is 0 Å². The summed E-state index contributed by atoms with van der Waals surface area (Å²) in [6.07, 6.45) is 5.60. The van der Waals surface area contributed by atoms with Crippen molar-refractivity contribution in [3.8, 4) is 0 Å². The van der Waals surface area contributed by atoms with E-state index >= 15 is 0 Å². The van der Waals surface area contributed by atoms with E-state index in [-0.39, 0.29) is 11.9 Å². The highest BCUT2D eigenvalue weighted by Gasteiger charge is 2.28. The fourth-order valence-corrected chi connectivity index (χ4v) is 3.01. The lowest BCUT2D eigenvalue weighted by Crippen LogP contribution is -2.50. The molecule has 5 heteroatoms. The number of rotatable bonds is 3. The Kier molecular flexibility index (Phi) is 4.34. The molecule has 1 atom stereocenters. The molecular weight excluding hydrogens is 234 g/mol. The third-order valence-corrected chi connectivity index (χ3v) is 4.01. The third-order valence-electron chi connectivity index (χ3n) is 3.74. The van der Waals surface area contributed by atoms with Crippen LogP contribution in [0.15, 0.2) is 0 Å². The van der Waals surface area contributed by atoms with Gasteiger partial charge in [-0.25, -0.2) is 0 Å². The predicted octanol–water partition coefficient (Wildman–Crippen LogP) is 0.749. The lowest BCUT2D eigenvalue weighted by Gasteiger charge is -2.35. The second-order valence-corrected chi connectivity index (χ2v) is 5.44. The number of likely N-dealkylation sites (tertiary alicyclic amines) is 2. The normalized spacial score (nSPS) is 26.1. The Labute approximate surface area is 108 Å². The van der Waals surface area contributed by atoms with Gasteiger partial charge >= 0.3 is 0 Å². The Morgan fingerprint density at radius 2 is 1.82 bits per heavy atom. The monoisotopic (exact) mass is 255 g/mol. The van der Waals surface area contributed by atoms with Gasteiger partial charge in [-0.1, -0.05) is 18.6 Å². The summed E-state index contributed by atoms with van der Waals surface area (Å²) >= 11 is 5.09. The Balaban J connectivity index is 1.90.